The molecule has 0 aromatic rings. The predicted molar refractivity (Wildman–Crippen MR) is 86.3 cm³/mol. The molecule has 1 N–H and O–H groups in total. The zero-order valence-corrected chi connectivity index (χ0v) is 15.1. The highest BCUT2D eigenvalue weighted by molar-refractivity contribution is 7.89. The largest absolute Gasteiger partial charge is 0.349 e. The van der Waals surface area contributed by atoms with E-state index in [1.54, 1.807) is 0 Å². The van der Waals surface area contributed by atoms with E-state index >= 15 is 0 Å². The zero-order valence-electron chi connectivity index (χ0n) is 13.5. The quantitative estimate of drug-likeness (QED) is 0.337. The van der Waals surface area contributed by atoms with Crippen LogP contribution < -0.4 is 5.32 Å². The van der Waals surface area contributed by atoms with Crippen molar-refractivity contribution in [1.82, 2.24) is 19.5 Å². The lowest BCUT2D eigenvalue weighted by molar-refractivity contribution is -0.129. The van der Waals surface area contributed by atoms with E-state index in [1.165, 1.54) is 33.1 Å². The fourth-order valence-corrected chi connectivity index (χ4v) is 2.62. The first-order valence-corrected chi connectivity index (χ1v) is 8.77. The number of sulfonamides is 1. The molecule has 0 radical (unpaired) electrons. The van der Waals surface area contributed by atoms with Crippen LogP contribution in [-0.4, -0.2) is 87.0 Å². The molecule has 0 bridgehead atoms. The summed E-state index contributed by atoms with van der Waals surface area (Å²) < 4.78 is 24.9. The van der Waals surface area contributed by atoms with Crippen molar-refractivity contribution in [2.75, 3.05) is 46.4 Å². The minimum Gasteiger partial charge on any atom is -0.349 e. The van der Waals surface area contributed by atoms with Gasteiger partial charge in [-0.25, -0.2) is 17.5 Å². The van der Waals surface area contributed by atoms with Crippen molar-refractivity contribution in [3.8, 4) is 0 Å². The molecule has 10 nitrogen and oxygen atoms in total. The van der Waals surface area contributed by atoms with E-state index in [-0.39, 0.29) is 24.8 Å². The van der Waals surface area contributed by atoms with E-state index < -0.39 is 27.8 Å². The van der Waals surface area contributed by atoms with Gasteiger partial charge >= 0.3 is 6.03 Å². The molecule has 1 unspecified atom stereocenters. The molecule has 0 saturated heterocycles. The number of carbonyl (C=O) groups excluding carboxylic acids is 2. The zero-order chi connectivity index (χ0) is 18.2. The predicted octanol–water partition coefficient (Wildman–Crippen LogP) is -0.343. The van der Waals surface area contributed by atoms with E-state index in [1.807, 2.05) is 0 Å². The minimum atomic E-state index is -3.66. The van der Waals surface area contributed by atoms with Gasteiger partial charge in [-0.1, -0.05) is 0 Å². The number of alkyl halides is 1. The van der Waals surface area contributed by atoms with E-state index in [2.05, 4.69) is 10.6 Å². The van der Waals surface area contributed by atoms with E-state index in [0.29, 0.717) is 5.01 Å². The molecule has 1 atom stereocenters. The summed E-state index contributed by atoms with van der Waals surface area (Å²) in [6.45, 7) is -0.133. The molecule has 0 aliphatic heterocycles. The lowest BCUT2D eigenvalue weighted by Crippen LogP contribution is -2.49. The van der Waals surface area contributed by atoms with Crippen LogP contribution in [0.3, 0.4) is 0 Å². The van der Waals surface area contributed by atoms with Gasteiger partial charge in [0, 0.05) is 40.5 Å². The Balaban J connectivity index is 5.16. The average Bonchev–Trinajstić information content (AvgIpc) is 2.43. The summed E-state index contributed by atoms with van der Waals surface area (Å²) >= 11 is 5.45. The van der Waals surface area contributed by atoms with E-state index in [0.717, 1.165) is 4.31 Å². The Hall–Kier alpha value is -1.46. The number of carbonyl (C=O) groups is 2. The maximum atomic E-state index is 12.0. The molecule has 0 rings (SSSR count). The fraction of sp³-hybridized carbons (Fsp3) is 0.818. The first-order chi connectivity index (χ1) is 10.5. The fourth-order valence-electron chi connectivity index (χ4n) is 1.46. The highest BCUT2D eigenvalue weighted by Crippen LogP contribution is 2.05. The van der Waals surface area contributed by atoms with Crippen LogP contribution in [0.25, 0.3) is 0 Å². The molecule has 12 heteroatoms. The number of nitrogens with one attached hydrogen (secondary N) is 1. The molecule has 0 spiro atoms. The van der Waals surface area contributed by atoms with Crippen LogP contribution in [-0.2, 0) is 14.8 Å². The average molecular weight is 372 g/mol. The number of halogens is 1. The topological polar surface area (TPSA) is 119 Å². The molecule has 0 heterocycles. The SMILES string of the molecule is CN(C)C(=O)CC(CS(=O)(=O)N(C)C)NC(=O)N(CCCl)N=O. The molecular weight excluding hydrogens is 350 g/mol. The van der Waals surface area contributed by atoms with Crippen molar-refractivity contribution in [1.29, 1.82) is 0 Å². The lowest BCUT2D eigenvalue weighted by Gasteiger charge is -2.23. The van der Waals surface area contributed by atoms with Crippen LogP contribution in [0.15, 0.2) is 5.29 Å². The van der Waals surface area contributed by atoms with Gasteiger partial charge in [0.05, 0.1) is 23.6 Å². The maximum absolute atomic E-state index is 12.0. The highest BCUT2D eigenvalue weighted by atomic mass is 35.5. The minimum absolute atomic E-state index is 0.0174. The third-order valence-corrected chi connectivity index (χ3v) is 4.95. The molecule has 0 saturated carbocycles. The van der Waals surface area contributed by atoms with Crippen LogP contribution in [0.4, 0.5) is 4.79 Å². The van der Waals surface area contributed by atoms with Crippen molar-refractivity contribution in [2.24, 2.45) is 5.29 Å². The Bertz CT molecular complexity index is 525. The Kier molecular flexibility index (Phi) is 9.02. The van der Waals surface area contributed by atoms with Gasteiger partial charge in [0.25, 0.3) is 0 Å². The van der Waals surface area contributed by atoms with Gasteiger partial charge in [0.15, 0.2) is 0 Å². The van der Waals surface area contributed by atoms with Gasteiger partial charge in [0.1, 0.15) is 0 Å². The number of hydrogen-bond donors (Lipinski definition) is 1. The highest BCUT2D eigenvalue weighted by Gasteiger charge is 2.27. The second-order valence-corrected chi connectivity index (χ2v) is 7.70. The number of amides is 3. The van der Waals surface area contributed by atoms with E-state index in [4.69, 9.17) is 11.6 Å². The van der Waals surface area contributed by atoms with Crippen LogP contribution in [0.2, 0.25) is 0 Å². The van der Waals surface area contributed by atoms with Crippen molar-refractivity contribution >= 4 is 33.6 Å². The summed E-state index contributed by atoms with van der Waals surface area (Å²) in [6, 6.07) is -1.92. The summed E-state index contributed by atoms with van der Waals surface area (Å²) in [7, 11) is 2.04. The molecular formula is C11H22ClN5O5S. The van der Waals surface area contributed by atoms with Crippen molar-refractivity contribution in [3.63, 3.8) is 0 Å². The van der Waals surface area contributed by atoms with Crippen LogP contribution in [0, 0.1) is 4.91 Å². The second kappa shape index (κ2) is 9.63. The van der Waals surface area contributed by atoms with Gasteiger partial charge in [-0.05, 0) is 0 Å². The van der Waals surface area contributed by atoms with Crippen LogP contribution in [0.1, 0.15) is 6.42 Å². The molecule has 3 amide bonds. The van der Waals surface area contributed by atoms with Crippen molar-refractivity contribution in [3.05, 3.63) is 4.91 Å². The summed E-state index contributed by atoms with van der Waals surface area (Å²) in [5.41, 5.74) is 0. The molecule has 0 aromatic carbocycles. The lowest BCUT2D eigenvalue weighted by atomic mass is 10.2. The van der Waals surface area contributed by atoms with Gasteiger partial charge in [-0.15, -0.1) is 16.5 Å². The first-order valence-electron chi connectivity index (χ1n) is 6.62. The van der Waals surface area contributed by atoms with E-state index in [9.17, 15) is 22.9 Å². The summed E-state index contributed by atoms with van der Waals surface area (Å²) in [4.78, 5) is 35.6. The third kappa shape index (κ3) is 7.57. The Labute approximate surface area is 140 Å². The normalized spacial score (nSPS) is 12.6. The number of nitroso groups, excluding NO2 is 1. The van der Waals surface area contributed by atoms with Crippen LogP contribution in [0.5, 0.6) is 0 Å². The van der Waals surface area contributed by atoms with Gasteiger partial charge in [-0.3, -0.25) is 4.79 Å². The van der Waals surface area contributed by atoms with Crippen molar-refractivity contribution in [2.45, 2.75) is 12.5 Å². The van der Waals surface area contributed by atoms with Gasteiger partial charge in [-0.2, -0.15) is 5.01 Å². The van der Waals surface area contributed by atoms with Gasteiger partial charge in [0.2, 0.25) is 15.9 Å². The number of hydrogen-bond acceptors (Lipinski definition) is 6. The second-order valence-electron chi connectivity index (χ2n) is 5.09. The molecule has 0 aliphatic rings. The van der Waals surface area contributed by atoms with Gasteiger partial charge < -0.3 is 10.2 Å². The molecule has 0 aliphatic carbocycles. The first kappa shape index (κ1) is 21.5. The standard InChI is InChI=1S/C11H22ClN5O5S/c1-15(2)10(18)7-9(8-23(21,22)16(3)4)13-11(19)17(14-20)6-5-12/h9H,5-8H2,1-4H3,(H,13,19). The Morgan fingerprint density at radius 3 is 2.17 bits per heavy atom. The Morgan fingerprint density at radius 2 is 1.78 bits per heavy atom. The number of nitrogens with zero attached hydrogens (tertiary/aromatic N) is 4. The van der Waals surface area contributed by atoms with Crippen molar-refractivity contribution < 1.29 is 18.0 Å². The summed E-state index contributed by atoms with van der Waals surface area (Å²) in [6.07, 6.45) is -0.237. The molecule has 0 aromatic heterocycles. The Morgan fingerprint density at radius 1 is 1.22 bits per heavy atom. The molecule has 23 heavy (non-hydrogen) atoms. The molecule has 0 fully saturated rings. The number of rotatable bonds is 9. The maximum Gasteiger partial charge on any atom is 0.340 e. The monoisotopic (exact) mass is 371 g/mol. The summed E-state index contributed by atoms with van der Waals surface area (Å²) in [5, 5.41) is 5.37. The smallest absolute Gasteiger partial charge is 0.340 e. The summed E-state index contributed by atoms with van der Waals surface area (Å²) in [5.74, 6) is -0.873. The molecule has 134 valence electrons. The van der Waals surface area contributed by atoms with Crippen LogP contribution >= 0.6 is 11.6 Å². The number of urea groups is 1. The third-order valence-electron chi connectivity index (χ3n) is 2.84.